The molecule has 1 atom stereocenters. The van der Waals surface area contributed by atoms with E-state index in [0.717, 1.165) is 0 Å². The van der Waals surface area contributed by atoms with E-state index in [4.69, 9.17) is 0 Å². The molecule has 0 N–H and O–H groups in total. The van der Waals surface area contributed by atoms with Crippen LogP contribution >= 0.6 is 0 Å². The van der Waals surface area contributed by atoms with Crippen LogP contribution in [0.15, 0.2) is 30.3 Å². The minimum Gasteiger partial charge on any atom is -0.0648 e. The van der Waals surface area contributed by atoms with Crippen LogP contribution < -0.4 is 0 Å². The van der Waals surface area contributed by atoms with E-state index >= 15 is 0 Å². The molecule has 0 spiro atoms. The fourth-order valence-electron chi connectivity index (χ4n) is 2.73. The molecule has 0 saturated carbocycles. The Bertz CT molecular complexity index is 620. The molecule has 0 nitrogen and oxygen atoms in total. The Morgan fingerprint density at radius 2 is 1.50 bits per heavy atom. The van der Waals surface area contributed by atoms with Crippen LogP contribution in [0.3, 0.4) is 0 Å². The predicted molar refractivity (Wildman–Crippen MR) is 89.5 cm³/mol. The van der Waals surface area contributed by atoms with Crippen molar-refractivity contribution in [1.29, 1.82) is 0 Å². The Kier molecular flexibility index (Phi) is 4.32. The average Bonchev–Trinajstić information content (AvgIpc) is 2.44. The van der Waals surface area contributed by atoms with Gasteiger partial charge in [-0.05, 0) is 79.0 Å². The lowest BCUT2D eigenvalue weighted by atomic mass is 9.87. The summed E-state index contributed by atoms with van der Waals surface area (Å²) in [7, 11) is 0. The van der Waals surface area contributed by atoms with Crippen molar-refractivity contribution in [2.45, 2.75) is 53.9 Å². The highest BCUT2D eigenvalue weighted by atomic mass is 14.2. The third kappa shape index (κ3) is 2.65. The molecule has 0 amide bonds. The van der Waals surface area contributed by atoms with E-state index in [1.54, 1.807) is 0 Å². The summed E-state index contributed by atoms with van der Waals surface area (Å²) in [6.07, 6.45) is 1.19. The highest BCUT2D eigenvalue weighted by Crippen LogP contribution is 2.33. The van der Waals surface area contributed by atoms with Crippen LogP contribution in [0.25, 0.3) is 11.1 Å². The molecule has 0 aliphatic heterocycles. The van der Waals surface area contributed by atoms with Crippen molar-refractivity contribution >= 4 is 0 Å². The zero-order valence-corrected chi connectivity index (χ0v) is 13.7. The molecule has 20 heavy (non-hydrogen) atoms. The lowest BCUT2D eigenvalue weighted by Crippen LogP contribution is -1.98. The molecule has 0 aliphatic carbocycles. The van der Waals surface area contributed by atoms with Crippen molar-refractivity contribution in [2.24, 2.45) is 0 Å². The summed E-state index contributed by atoms with van der Waals surface area (Å²) < 4.78 is 0. The molecule has 0 heteroatoms. The van der Waals surface area contributed by atoms with Gasteiger partial charge in [0, 0.05) is 0 Å². The molecule has 0 bridgehead atoms. The van der Waals surface area contributed by atoms with Crippen LogP contribution in [0, 0.1) is 27.7 Å². The van der Waals surface area contributed by atoms with E-state index < -0.39 is 0 Å². The standard InChI is InChI=1S/C20H26/c1-7-13(2)18-11-15(4)17(6)20(12-18)19-10-8-9-14(3)16(19)5/h8-13H,7H2,1-6H3. The molecule has 0 aliphatic rings. The number of hydrogen-bond donors (Lipinski definition) is 0. The molecule has 2 aromatic rings. The van der Waals surface area contributed by atoms with Gasteiger partial charge in [-0.3, -0.25) is 0 Å². The van der Waals surface area contributed by atoms with E-state index in [2.05, 4.69) is 71.9 Å². The summed E-state index contributed by atoms with van der Waals surface area (Å²) in [5.74, 6) is 0.623. The van der Waals surface area contributed by atoms with Crippen molar-refractivity contribution in [1.82, 2.24) is 0 Å². The molecule has 0 saturated heterocycles. The largest absolute Gasteiger partial charge is 0.0648 e. The maximum Gasteiger partial charge on any atom is -0.0146 e. The topological polar surface area (TPSA) is 0 Å². The summed E-state index contributed by atoms with van der Waals surface area (Å²) >= 11 is 0. The van der Waals surface area contributed by atoms with Crippen LogP contribution in [0.4, 0.5) is 0 Å². The van der Waals surface area contributed by atoms with Crippen molar-refractivity contribution < 1.29 is 0 Å². The summed E-state index contributed by atoms with van der Waals surface area (Å²) in [6, 6.07) is 11.4. The zero-order chi connectivity index (χ0) is 14.9. The highest BCUT2D eigenvalue weighted by molar-refractivity contribution is 5.73. The van der Waals surface area contributed by atoms with E-state index in [-0.39, 0.29) is 0 Å². The smallest absolute Gasteiger partial charge is 0.0146 e. The minimum atomic E-state index is 0.623. The second-order valence-electron chi connectivity index (χ2n) is 6.07. The van der Waals surface area contributed by atoms with Gasteiger partial charge < -0.3 is 0 Å². The summed E-state index contributed by atoms with van der Waals surface area (Å²) in [5.41, 5.74) is 9.83. The van der Waals surface area contributed by atoms with Gasteiger partial charge in [0.1, 0.15) is 0 Å². The van der Waals surface area contributed by atoms with Crippen LogP contribution in [-0.4, -0.2) is 0 Å². The van der Waals surface area contributed by atoms with Gasteiger partial charge in [0.15, 0.2) is 0 Å². The Balaban J connectivity index is 2.67. The lowest BCUT2D eigenvalue weighted by molar-refractivity contribution is 0.733. The molecule has 0 fully saturated rings. The fourth-order valence-corrected chi connectivity index (χ4v) is 2.73. The normalized spacial score (nSPS) is 12.5. The van der Waals surface area contributed by atoms with Gasteiger partial charge in [-0.15, -0.1) is 0 Å². The second kappa shape index (κ2) is 5.83. The van der Waals surface area contributed by atoms with Crippen molar-refractivity contribution in [3.05, 3.63) is 58.1 Å². The Hall–Kier alpha value is -1.56. The first-order chi connectivity index (χ1) is 9.45. The van der Waals surface area contributed by atoms with E-state index in [0.29, 0.717) is 5.92 Å². The molecule has 0 heterocycles. The monoisotopic (exact) mass is 266 g/mol. The quantitative estimate of drug-likeness (QED) is 0.629. The molecule has 2 aromatic carbocycles. The van der Waals surface area contributed by atoms with Gasteiger partial charge >= 0.3 is 0 Å². The first kappa shape index (κ1) is 14.8. The fraction of sp³-hybridized carbons (Fsp3) is 0.400. The summed E-state index contributed by atoms with van der Waals surface area (Å²) in [6.45, 7) is 13.5. The van der Waals surface area contributed by atoms with E-state index in [9.17, 15) is 0 Å². The Labute approximate surface area is 123 Å². The molecular weight excluding hydrogens is 240 g/mol. The third-order valence-electron chi connectivity index (χ3n) is 4.77. The lowest BCUT2D eigenvalue weighted by Gasteiger charge is -2.18. The van der Waals surface area contributed by atoms with Gasteiger partial charge in [0.25, 0.3) is 0 Å². The highest BCUT2D eigenvalue weighted by Gasteiger charge is 2.12. The van der Waals surface area contributed by atoms with Crippen LogP contribution in [0.5, 0.6) is 0 Å². The first-order valence-electron chi connectivity index (χ1n) is 7.63. The Morgan fingerprint density at radius 3 is 2.15 bits per heavy atom. The summed E-state index contributed by atoms with van der Waals surface area (Å²) in [5, 5.41) is 0. The maximum absolute atomic E-state index is 2.40. The Morgan fingerprint density at radius 1 is 0.850 bits per heavy atom. The summed E-state index contributed by atoms with van der Waals surface area (Å²) in [4.78, 5) is 0. The van der Waals surface area contributed by atoms with Gasteiger partial charge in [-0.25, -0.2) is 0 Å². The van der Waals surface area contributed by atoms with Crippen molar-refractivity contribution in [3.8, 4) is 11.1 Å². The average molecular weight is 266 g/mol. The van der Waals surface area contributed by atoms with Crippen LogP contribution in [0.1, 0.15) is 54.0 Å². The molecule has 106 valence electrons. The molecule has 0 aromatic heterocycles. The van der Waals surface area contributed by atoms with E-state index in [1.807, 2.05) is 0 Å². The molecular formula is C20H26. The van der Waals surface area contributed by atoms with Crippen LogP contribution in [-0.2, 0) is 0 Å². The van der Waals surface area contributed by atoms with Crippen LogP contribution in [0.2, 0.25) is 0 Å². The molecule has 2 rings (SSSR count). The second-order valence-corrected chi connectivity index (χ2v) is 6.07. The van der Waals surface area contributed by atoms with Crippen molar-refractivity contribution in [3.63, 3.8) is 0 Å². The number of benzene rings is 2. The van der Waals surface area contributed by atoms with E-state index in [1.165, 1.54) is 45.4 Å². The van der Waals surface area contributed by atoms with Gasteiger partial charge in [-0.2, -0.15) is 0 Å². The first-order valence-corrected chi connectivity index (χ1v) is 7.63. The number of aryl methyl sites for hydroxylation is 2. The van der Waals surface area contributed by atoms with Crippen molar-refractivity contribution in [2.75, 3.05) is 0 Å². The van der Waals surface area contributed by atoms with Gasteiger partial charge in [0.2, 0.25) is 0 Å². The van der Waals surface area contributed by atoms with Gasteiger partial charge in [0.05, 0.1) is 0 Å². The molecule has 0 radical (unpaired) electrons. The maximum atomic E-state index is 2.40. The molecule has 1 unspecified atom stereocenters. The SMILES string of the molecule is CCC(C)c1cc(C)c(C)c(-c2cccc(C)c2C)c1. The number of rotatable bonds is 3. The third-order valence-corrected chi connectivity index (χ3v) is 4.77. The van der Waals surface area contributed by atoms with Gasteiger partial charge in [-0.1, -0.05) is 44.2 Å². The minimum absolute atomic E-state index is 0.623. The number of hydrogen-bond acceptors (Lipinski definition) is 0. The zero-order valence-electron chi connectivity index (χ0n) is 13.7. The predicted octanol–water partition coefficient (Wildman–Crippen LogP) is 6.10.